The predicted molar refractivity (Wildman–Crippen MR) is 254 cm³/mol. The Morgan fingerprint density at radius 2 is 1.07 bits per heavy atom. The summed E-state index contributed by atoms with van der Waals surface area (Å²) in [5, 5.41) is 109. The number of carbonyl (C=O) groups excluding carboxylic acids is 2. The zero-order valence-electron chi connectivity index (χ0n) is 43.1. The van der Waals surface area contributed by atoms with Crippen LogP contribution in [0.5, 0.6) is 17.2 Å². The van der Waals surface area contributed by atoms with Gasteiger partial charge in [0.1, 0.15) is 66.1 Å². The number of ketones is 2. The SMILES string of the molecule is COC(C(=O)[C@@H](O)[C@@H](C)O)[C@@H]1Cc2cc3cc(O[C@H]4C[C@@H](O[C@H]5C[C@@H](O)[C@H](O)C(C)O5)[C@H](O)C(C)O4)cc(O)c3c(O)c2C(=O)[C@H]1O[C@H]1C[C@@H](O[C@H]2C[C@@H](O[C@H]3C[C@@H](OC)[C@H](O)C(C)O3)[C@@H](O)C(C)O2)[C@H](O)C(C)O1. The number of aliphatic hydroxyl groups is 8. The summed E-state index contributed by atoms with van der Waals surface area (Å²) in [5.41, 5.74) is -0.0602. The Hall–Kier alpha value is -3.32. The van der Waals surface area contributed by atoms with Gasteiger partial charge in [-0.1, -0.05) is 0 Å². The minimum Gasteiger partial charge on any atom is -0.507 e. The summed E-state index contributed by atoms with van der Waals surface area (Å²) < 4.78 is 71.9. The van der Waals surface area contributed by atoms with Gasteiger partial charge < -0.3 is 108 Å². The lowest BCUT2D eigenvalue weighted by Crippen LogP contribution is -2.57. The summed E-state index contributed by atoms with van der Waals surface area (Å²) in [6.45, 7) is 9.25. The molecular formula is C51H74O24. The first kappa shape index (κ1) is 57.8. The molecule has 24 nitrogen and oxygen atoms in total. The number of rotatable bonds is 16. The van der Waals surface area contributed by atoms with Crippen molar-refractivity contribution in [3.63, 3.8) is 0 Å². The highest BCUT2D eigenvalue weighted by molar-refractivity contribution is 6.11. The van der Waals surface area contributed by atoms with Crippen LogP contribution in [0, 0.1) is 5.92 Å². The van der Waals surface area contributed by atoms with Gasteiger partial charge in [-0.3, -0.25) is 9.59 Å². The first-order chi connectivity index (χ1) is 35.5. The van der Waals surface area contributed by atoms with Crippen molar-refractivity contribution in [1.29, 1.82) is 0 Å². The Labute approximate surface area is 433 Å². The van der Waals surface area contributed by atoms with E-state index in [1.54, 1.807) is 34.6 Å². The second kappa shape index (κ2) is 24.0. The molecule has 0 bridgehead atoms. The molecule has 1 aliphatic carbocycles. The van der Waals surface area contributed by atoms with Crippen molar-refractivity contribution < 1.29 is 117 Å². The summed E-state index contributed by atoms with van der Waals surface area (Å²) in [7, 11) is 2.65. The summed E-state index contributed by atoms with van der Waals surface area (Å²) in [6.07, 6.45) is -26.2. The topological polar surface area (TPSA) is 347 Å². The summed E-state index contributed by atoms with van der Waals surface area (Å²) in [4.78, 5) is 28.8. The van der Waals surface area contributed by atoms with Crippen LogP contribution in [-0.4, -0.2) is 224 Å². The third kappa shape index (κ3) is 12.3. The van der Waals surface area contributed by atoms with Gasteiger partial charge in [0.15, 0.2) is 36.7 Å². The van der Waals surface area contributed by atoms with Crippen LogP contribution in [0.4, 0.5) is 0 Å². The van der Waals surface area contributed by atoms with E-state index in [0.29, 0.717) is 0 Å². The second-order valence-electron chi connectivity index (χ2n) is 20.8. The third-order valence-electron chi connectivity index (χ3n) is 15.4. The number of hydrogen-bond acceptors (Lipinski definition) is 24. The fourth-order valence-corrected chi connectivity index (χ4v) is 11.1. The molecule has 422 valence electrons. The molecule has 5 fully saturated rings. The van der Waals surface area contributed by atoms with Gasteiger partial charge >= 0.3 is 0 Å². The van der Waals surface area contributed by atoms with Crippen molar-refractivity contribution in [3.8, 4) is 17.2 Å². The third-order valence-corrected chi connectivity index (χ3v) is 15.4. The maximum absolute atomic E-state index is 14.9. The highest BCUT2D eigenvalue weighted by Crippen LogP contribution is 2.46. The number of methoxy groups -OCH3 is 2. The number of ether oxygens (including phenoxy) is 12. The normalized spacial score (nSPS) is 41.9. The summed E-state index contributed by atoms with van der Waals surface area (Å²) in [5.74, 6) is -4.12. The number of aliphatic hydroxyl groups excluding tert-OH is 8. The molecule has 2 aromatic rings. The van der Waals surface area contributed by atoms with Crippen LogP contribution in [0.15, 0.2) is 18.2 Å². The van der Waals surface area contributed by atoms with E-state index in [2.05, 4.69) is 0 Å². The molecule has 0 amide bonds. The molecule has 25 atom stereocenters. The molecule has 5 aliphatic heterocycles. The lowest BCUT2D eigenvalue weighted by atomic mass is 9.75. The molecule has 5 heterocycles. The van der Waals surface area contributed by atoms with Crippen LogP contribution in [-0.2, 0) is 63.3 Å². The number of benzene rings is 2. The summed E-state index contributed by atoms with van der Waals surface area (Å²) >= 11 is 0. The Morgan fingerprint density at radius 3 is 1.56 bits per heavy atom. The van der Waals surface area contributed by atoms with E-state index in [4.69, 9.17) is 56.8 Å². The van der Waals surface area contributed by atoms with E-state index in [0.717, 1.165) is 0 Å². The van der Waals surface area contributed by atoms with E-state index in [9.17, 15) is 60.7 Å². The minimum absolute atomic E-state index is 0.0108. The van der Waals surface area contributed by atoms with Gasteiger partial charge in [-0.15, -0.1) is 0 Å². The van der Waals surface area contributed by atoms with Crippen LogP contribution in [0.1, 0.15) is 89.6 Å². The molecular weight excluding hydrogens is 997 g/mol. The average molecular weight is 1070 g/mol. The van der Waals surface area contributed by atoms with E-state index in [1.807, 2.05) is 0 Å². The van der Waals surface area contributed by atoms with Crippen LogP contribution in [0.2, 0.25) is 0 Å². The van der Waals surface area contributed by atoms with E-state index < -0.39 is 176 Å². The fourth-order valence-electron chi connectivity index (χ4n) is 11.1. The van der Waals surface area contributed by atoms with E-state index in [1.165, 1.54) is 39.3 Å². The van der Waals surface area contributed by atoms with Gasteiger partial charge in [-0.25, -0.2) is 0 Å². The lowest BCUT2D eigenvalue weighted by Gasteiger charge is -2.45. The molecule has 8 rings (SSSR count). The zero-order valence-corrected chi connectivity index (χ0v) is 43.1. The van der Waals surface area contributed by atoms with Crippen molar-refractivity contribution in [1.82, 2.24) is 0 Å². The zero-order chi connectivity index (χ0) is 54.5. The van der Waals surface area contributed by atoms with Crippen molar-refractivity contribution >= 4 is 22.3 Å². The fraction of sp³-hybridized carbons (Fsp3) is 0.765. The van der Waals surface area contributed by atoms with Crippen LogP contribution in [0.3, 0.4) is 0 Å². The van der Waals surface area contributed by atoms with Crippen molar-refractivity contribution in [3.05, 3.63) is 29.3 Å². The quantitative estimate of drug-likeness (QED) is 0.103. The number of aromatic hydroxyl groups is 2. The molecule has 0 aromatic heterocycles. The Bertz CT molecular complexity index is 2270. The molecule has 0 saturated carbocycles. The maximum atomic E-state index is 14.9. The molecule has 75 heavy (non-hydrogen) atoms. The molecule has 6 unspecified atom stereocenters. The van der Waals surface area contributed by atoms with Gasteiger partial charge in [0.2, 0.25) is 6.29 Å². The first-order valence-corrected chi connectivity index (χ1v) is 25.6. The van der Waals surface area contributed by atoms with Crippen LogP contribution >= 0.6 is 0 Å². The van der Waals surface area contributed by atoms with Crippen LogP contribution in [0.25, 0.3) is 10.8 Å². The number of hydrogen-bond donors (Lipinski definition) is 10. The predicted octanol–water partition coefficient (Wildman–Crippen LogP) is -0.294. The van der Waals surface area contributed by atoms with Gasteiger partial charge in [-0.2, -0.15) is 0 Å². The largest absolute Gasteiger partial charge is 0.507 e. The lowest BCUT2D eigenvalue weighted by molar-refractivity contribution is -0.329. The maximum Gasteiger partial charge on any atom is 0.202 e. The Morgan fingerprint density at radius 1 is 0.613 bits per heavy atom. The molecule has 0 radical (unpaired) electrons. The average Bonchev–Trinajstić information content (AvgIpc) is 3.36. The van der Waals surface area contributed by atoms with Gasteiger partial charge in [0.25, 0.3) is 0 Å². The molecule has 2 aromatic carbocycles. The molecule has 10 N–H and O–H groups in total. The number of Topliss-reactive ketones (excluding diaryl/α,β-unsaturated/α-hetero) is 2. The Kier molecular flexibility index (Phi) is 18.5. The van der Waals surface area contributed by atoms with Gasteiger partial charge in [0.05, 0.1) is 78.1 Å². The monoisotopic (exact) mass is 1070 g/mol. The second-order valence-corrected chi connectivity index (χ2v) is 20.8. The van der Waals surface area contributed by atoms with Crippen molar-refractivity contribution in [2.24, 2.45) is 5.92 Å². The Balaban J connectivity index is 1.03. The molecule has 6 aliphatic rings. The smallest absolute Gasteiger partial charge is 0.202 e. The minimum atomic E-state index is -1.94. The molecule has 5 saturated heterocycles. The van der Waals surface area contributed by atoms with Crippen LogP contribution < -0.4 is 4.74 Å². The number of phenols is 2. The van der Waals surface area contributed by atoms with Gasteiger partial charge in [0, 0.05) is 58.3 Å². The van der Waals surface area contributed by atoms with Crippen molar-refractivity contribution in [2.75, 3.05) is 14.2 Å². The van der Waals surface area contributed by atoms with E-state index in [-0.39, 0.29) is 66.2 Å². The first-order valence-electron chi connectivity index (χ1n) is 25.6. The highest BCUT2D eigenvalue weighted by Gasteiger charge is 2.51. The van der Waals surface area contributed by atoms with E-state index >= 15 is 0 Å². The van der Waals surface area contributed by atoms with Gasteiger partial charge in [-0.05, 0) is 71.0 Å². The number of phenolic OH excluding ortho intramolecular Hbond substituents is 2. The molecule has 0 spiro atoms. The number of fused-ring (bicyclic) bond motifs is 2. The number of carbonyl (C=O) groups is 2. The highest BCUT2D eigenvalue weighted by atomic mass is 16.7. The standard InChI is InChI=1S/C51H74O24/c1-18(52)41(55)49(63)50(65-8)27-11-25-9-24-10-26(71-35-15-31(44(58)21(4)67-35)72-34-13-29(54)42(56)19(2)66-34)12-28(53)39(24)47(61)40(25)48(62)51(27)75-38-17-33(46(60)23(6)70-38)74-37-16-32(45(59)22(5)69-37)73-36-14-30(64-7)43(57)20(3)68-36/h9-10,12,18-23,27,29-38,41-46,50-61H,11,13-17H2,1-8H3/t18-,19?,20?,21?,22?,23?,27+,29-,30-,31-,32-,33-,34+,35+,36+,37+,38+,41+,42-,43-,44-,45+,46-,50?,51+/m1/s1. The molecule has 24 heteroatoms. The summed E-state index contributed by atoms with van der Waals surface area (Å²) in [6, 6.07) is 4.20. The van der Waals surface area contributed by atoms with Crippen molar-refractivity contribution in [2.45, 2.75) is 227 Å².